The highest BCUT2D eigenvalue weighted by Crippen LogP contribution is 2.19. The Labute approximate surface area is 141 Å². The number of likely N-dealkylation sites (tertiary alicyclic amines) is 1. The molecule has 0 spiro atoms. The van der Waals surface area contributed by atoms with Crippen LogP contribution in [0, 0.1) is 6.92 Å². The Morgan fingerprint density at radius 2 is 2.43 bits per heavy atom. The second kappa shape index (κ2) is 8.06. The van der Waals surface area contributed by atoms with E-state index in [9.17, 15) is 5.11 Å². The molecule has 5 nitrogen and oxygen atoms in total. The normalized spacial score (nSPS) is 20.2. The van der Waals surface area contributed by atoms with Gasteiger partial charge in [-0.25, -0.2) is 0 Å². The molecule has 2 aromatic rings. The number of ether oxygens (including phenoxy) is 1. The molecule has 2 atom stereocenters. The molecule has 2 aromatic heterocycles. The van der Waals surface area contributed by atoms with Crippen molar-refractivity contribution in [3.63, 3.8) is 0 Å². The van der Waals surface area contributed by atoms with Crippen LogP contribution in [0.4, 0.5) is 0 Å². The summed E-state index contributed by atoms with van der Waals surface area (Å²) in [6.45, 7) is 5.66. The summed E-state index contributed by atoms with van der Waals surface area (Å²) >= 11 is 1.68. The molecule has 0 aliphatic carbocycles. The van der Waals surface area contributed by atoms with E-state index in [0.717, 1.165) is 13.1 Å². The van der Waals surface area contributed by atoms with Gasteiger partial charge in [0.1, 0.15) is 0 Å². The summed E-state index contributed by atoms with van der Waals surface area (Å²) < 4.78 is 7.64. The number of aliphatic hydroxyl groups excluding tert-OH is 1. The predicted molar refractivity (Wildman–Crippen MR) is 91.5 cm³/mol. The van der Waals surface area contributed by atoms with Crippen LogP contribution in [0.3, 0.4) is 0 Å². The zero-order chi connectivity index (χ0) is 16.1. The topological polar surface area (TPSA) is 50.5 Å². The lowest BCUT2D eigenvalue weighted by Crippen LogP contribution is -2.40. The standard InChI is InChI=1S/C17H25N3O2S/c1-14-8-18-20(9-14)10-15-4-2-6-19(15)11-16(21)12-22-13-17-5-3-7-23-17/h3,5,7-9,15-16,21H,2,4,6,10-13H2,1H3/t15-,16-/m1/s1. The van der Waals surface area contributed by atoms with Crippen LogP contribution in [0.15, 0.2) is 29.9 Å². The quantitative estimate of drug-likeness (QED) is 0.804. The van der Waals surface area contributed by atoms with Gasteiger partial charge in [0, 0.05) is 23.7 Å². The van der Waals surface area contributed by atoms with Crippen molar-refractivity contribution in [1.29, 1.82) is 0 Å². The summed E-state index contributed by atoms with van der Waals surface area (Å²) in [6, 6.07) is 4.53. The number of nitrogens with zero attached hydrogens (tertiary/aromatic N) is 3. The molecule has 1 saturated heterocycles. The van der Waals surface area contributed by atoms with Crippen LogP contribution in [0.2, 0.25) is 0 Å². The van der Waals surface area contributed by atoms with Crippen LogP contribution in [-0.4, -0.2) is 51.6 Å². The van der Waals surface area contributed by atoms with Crippen LogP contribution >= 0.6 is 11.3 Å². The molecule has 6 heteroatoms. The van der Waals surface area contributed by atoms with Crippen LogP contribution in [0.25, 0.3) is 0 Å². The molecular formula is C17H25N3O2S. The number of aromatic nitrogens is 2. The van der Waals surface area contributed by atoms with E-state index in [1.807, 2.05) is 22.3 Å². The van der Waals surface area contributed by atoms with Crippen molar-refractivity contribution in [3.05, 3.63) is 40.3 Å². The Morgan fingerprint density at radius 3 is 3.17 bits per heavy atom. The highest BCUT2D eigenvalue weighted by molar-refractivity contribution is 7.09. The highest BCUT2D eigenvalue weighted by Gasteiger charge is 2.26. The minimum Gasteiger partial charge on any atom is -0.389 e. The maximum Gasteiger partial charge on any atom is 0.0900 e. The summed E-state index contributed by atoms with van der Waals surface area (Å²) in [4.78, 5) is 3.57. The number of aryl methyl sites for hydroxylation is 1. The summed E-state index contributed by atoms with van der Waals surface area (Å²) in [5.74, 6) is 0. The first-order valence-corrected chi connectivity index (χ1v) is 9.10. The zero-order valence-electron chi connectivity index (χ0n) is 13.6. The van der Waals surface area contributed by atoms with Gasteiger partial charge < -0.3 is 9.84 Å². The second-order valence-corrected chi connectivity index (χ2v) is 7.31. The second-order valence-electron chi connectivity index (χ2n) is 6.28. The first-order chi connectivity index (χ1) is 11.2. The fraction of sp³-hybridized carbons (Fsp3) is 0.588. The molecule has 1 fully saturated rings. The van der Waals surface area contributed by atoms with Gasteiger partial charge in [-0.3, -0.25) is 9.58 Å². The fourth-order valence-corrected chi connectivity index (χ4v) is 3.78. The predicted octanol–water partition coefficient (Wildman–Crippen LogP) is 2.30. The lowest BCUT2D eigenvalue weighted by Gasteiger charge is -2.26. The summed E-state index contributed by atoms with van der Waals surface area (Å²) in [6.07, 6.45) is 5.90. The molecule has 0 saturated carbocycles. The number of hydrogen-bond donors (Lipinski definition) is 1. The molecule has 0 amide bonds. The van der Waals surface area contributed by atoms with Crippen LogP contribution < -0.4 is 0 Å². The SMILES string of the molecule is Cc1cnn(C[C@H]2CCCN2C[C@@H](O)COCc2cccs2)c1. The monoisotopic (exact) mass is 335 g/mol. The van der Waals surface area contributed by atoms with Gasteiger partial charge in [-0.15, -0.1) is 11.3 Å². The lowest BCUT2D eigenvalue weighted by atomic mass is 10.2. The first kappa shape index (κ1) is 16.6. The molecule has 23 heavy (non-hydrogen) atoms. The highest BCUT2D eigenvalue weighted by atomic mass is 32.1. The smallest absolute Gasteiger partial charge is 0.0900 e. The molecule has 1 aliphatic rings. The molecular weight excluding hydrogens is 310 g/mol. The van der Waals surface area contributed by atoms with Crippen molar-refractivity contribution >= 4 is 11.3 Å². The van der Waals surface area contributed by atoms with Gasteiger partial charge in [0.25, 0.3) is 0 Å². The van der Waals surface area contributed by atoms with Gasteiger partial charge in [-0.2, -0.15) is 5.10 Å². The van der Waals surface area contributed by atoms with Crippen molar-refractivity contribution < 1.29 is 9.84 Å². The zero-order valence-corrected chi connectivity index (χ0v) is 14.4. The van der Waals surface area contributed by atoms with Crippen molar-refractivity contribution in [2.75, 3.05) is 19.7 Å². The maximum absolute atomic E-state index is 10.2. The van der Waals surface area contributed by atoms with E-state index >= 15 is 0 Å². The van der Waals surface area contributed by atoms with Crippen LogP contribution in [-0.2, 0) is 17.9 Å². The lowest BCUT2D eigenvalue weighted by molar-refractivity contribution is 0.00741. The largest absolute Gasteiger partial charge is 0.389 e. The Kier molecular flexibility index (Phi) is 5.83. The number of rotatable bonds is 8. The van der Waals surface area contributed by atoms with E-state index in [4.69, 9.17) is 4.74 Å². The molecule has 1 N–H and O–H groups in total. The molecule has 1 aliphatic heterocycles. The van der Waals surface area contributed by atoms with E-state index in [1.165, 1.54) is 23.3 Å². The average molecular weight is 335 g/mol. The summed E-state index contributed by atoms with van der Waals surface area (Å²) in [7, 11) is 0. The average Bonchev–Trinajstić information content (AvgIpc) is 3.24. The number of β-amino-alcohol motifs (C(OH)–C–C–N with tert-alkyl or cyclic N) is 1. The Morgan fingerprint density at radius 1 is 1.52 bits per heavy atom. The van der Waals surface area contributed by atoms with Crippen molar-refractivity contribution in [3.8, 4) is 0 Å². The van der Waals surface area contributed by atoms with E-state index in [1.54, 1.807) is 11.3 Å². The molecule has 126 valence electrons. The maximum atomic E-state index is 10.2. The van der Waals surface area contributed by atoms with Gasteiger partial charge in [0.2, 0.25) is 0 Å². The first-order valence-electron chi connectivity index (χ1n) is 8.22. The van der Waals surface area contributed by atoms with E-state index in [2.05, 4.69) is 29.2 Å². The molecule has 0 bridgehead atoms. The molecule has 0 unspecified atom stereocenters. The van der Waals surface area contributed by atoms with E-state index < -0.39 is 6.10 Å². The van der Waals surface area contributed by atoms with E-state index in [-0.39, 0.29) is 0 Å². The fourth-order valence-electron chi connectivity index (χ4n) is 3.14. The van der Waals surface area contributed by atoms with Gasteiger partial charge in [0.15, 0.2) is 0 Å². The van der Waals surface area contributed by atoms with Crippen LogP contribution in [0.5, 0.6) is 0 Å². The minimum absolute atomic E-state index is 0.391. The third-order valence-electron chi connectivity index (χ3n) is 4.24. The Hall–Kier alpha value is -1.21. The van der Waals surface area contributed by atoms with Crippen molar-refractivity contribution in [1.82, 2.24) is 14.7 Å². The number of thiophene rings is 1. The number of aliphatic hydroxyl groups is 1. The van der Waals surface area contributed by atoms with Gasteiger partial charge in [0.05, 0.1) is 32.1 Å². The summed E-state index contributed by atoms with van der Waals surface area (Å²) in [5, 5.41) is 16.7. The number of hydrogen-bond acceptors (Lipinski definition) is 5. The Balaban J connectivity index is 1.42. The van der Waals surface area contributed by atoms with Gasteiger partial charge in [-0.05, 0) is 43.3 Å². The Bertz CT molecular complexity index is 584. The minimum atomic E-state index is -0.435. The third kappa shape index (κ3) is 4.88. The van der Waals surface area contributed by atoms with Gasteiger partial charge >= 0.3 is 0 Å². The molecule has 0 radical (unpaired) electrons. The molecule has 3 rings (SSSR count). The van der Waals surface area contributed by atoms with E-state index in [0.29, 0.717) is 25.8 Å². The summed E-state index contributed by atoms with van der Waals surface area (Å²) in [5.41, 5.74) is 1.19. The van der Waals surface area contributed by atoms with Crippen molar-refractivity contribution in [2.45, 2.75) is 45.1 Å². The van der Waals surface area contributed by atoms with Crippen molar-refractivity contribution in [2.24, 2.45) is 0 Å². The third-order valence-corrected chi connectivity index (χ3v) is 5.09. The molecule has 3 heterocycles. The molecule has 0 aromatic carbocycles. The van der Waals surface area contributed by atoms with Crippen LogP contribution in [0.1, 0.15) is 23.3 Å². The van der Waals surface area contributed by atoms with Gasteiger partial charge in [-0.1, -0.05) is 6.07 Å².